The van der Waals surface area contributed by atoms with E-state index >= 15 is 0 Å². The van der Waals surface area contributed by atoms with E-state index in [-0.39, 0.29) is 18.4 Å². The number of amides is 3. The Labute approximate surface area is 148 Å². The maximum absolute atomic E-state index is 12.2. The molecule has 138 valence electrons. The van der Waals surface area contributed by atoms with E-state index in [1.165, 1.54) is 11.8 Å². The summed E-state index contributed by atoms with van der Waals surface area (Å²) >= 11 is 0. The number of para-hydroxylation sites is 1. The van der Waals surface area contributed by atoms with Crippen LogP contribution in [0.1, 0.15) is 40.2 Å². The number of nitrogens with zero attached hydrogens (tertiary/aromatic N) is 1. The smallest absolute Gasteiger partial charge is 0.410 e. The SMILES string of the molecule is CC(=O)NC(C)C(=O)Nc1ccccc1CN(C)C(=O)OC(C)(C)C. The first kappa shape index (κ1) is 20.5. The van der Waals surface area contributed by atoms with Crippen LogP contribution in [0.25, 0.3) is 0 Å². The lowest BCUT2D eigenvalue weighted by molar-refractivity contribution is -0.124. The van der Waals surface area contributed by atoms with E-state index in [1.54, 1.807) is 46.9 Å². The highest BCUT2D eigenvalue weighted by Crippen LogP contribution is 2.18. The first-order valence-electron chi connectivity index (χ1n) is 8.09. The third-order valence-electron chi connectivity index (χ3n) is 3.20. The fraction of sp³-hybridized carbons (Fsp3) is 0.500. The average molecular weight is 349 g/mol. The van der Waals surface area contributed by atoms with Crippen LogP contribution >= 0.6 is 0 Å². The Morgan fingerprint density at radius 3 is 2.36 bits per heavy atom. The maximum Gasteiger partial charge on any atom is 0.410 e. The Hall–Kier alpha value is -2.57. The third kappa shape index (κ3) is 7.24. The zero-order valence-electron chi connectivity index (χ0n) is 15.7. The molecule has 0 heterocycles. The molecule has 0 radical (unpaired) electrons. The molecule has 1 unspecified atom stereocenters. The number of benzene rings is 1. The minimum absolute atomic E-state index is 0.277. The molecule has 0 aromatic heterocycles. The Bertz CT molecular complexity index is 637. The maximum atomic E-state index is 12.2. The molecule has 0 fully saturated rings. The normalized spacial score (nSPS) is 12.1. The van der Waals surface area contributed by atoms with Gasteiger partial charge in [0.05, 0.1) is 6.54 Å². The van der Waals surface area contributed by atoms with Crippen molar-refractivity contribution >= 4 is 23.6 Å². The second kappa shape index (κ2) is 8.50. The third-order valence-corrected chi connectivity index (χ3v) is 3.20. The molecule has 0 aliphatic heterocycles. The van der Waals surface area contributed by atoms with Crippen molar-refractivity contribution in [3.8, 4) is 0 Å². The number of hydrogen-bond acceptors (Lipinski definition) is 4. The van der Waals surface area contributed by atoms with Crippen LogP contribution in [0, 0.1) is 0 Å². The van der Waals surface area contributed by atoms with Gasteiger partial charge < -0.3 is 20.3 Å². The summed E-state index contributed by atoms with van der Waals surface area (Å²) in [6.45, 7) is 8.64. The number of rotatable bonds is 5. The lowest BCUT2D eigenvalue weighted by Crippen LogP contribution is -2.40. The summed E-state index contributed by atoms with van der Waals surface area (Å²) in [6, 6.07) is 6.52. The summed E-state index contributed by atoms with van der Waals surface area (Å²) in [4.78, 5) is 36.8. The van der Waals surface area contributed by atoms with Crippen LogP contribution < -0.4 is 10.6 Å². The van der Waals surface area contributed by atoms with Crippen LogP contribution in [-0.4, -0.2) is 41.5 Å². The molecule has 3 amide bonds. The lowest BCUT2D eigenvalue weighted by atomic mass is 10.1. The van der Waals surface area contributed by atoms with Gasteiger partial charge in [0, 0.05) is 19.7 Å². The summed E-state index contributed by atoms with van der Waals surface area (Å²) in [5.74, 6) is -0.608. The molecule has 1 aromatic rings. The predicted molar refractivity (Wildman–Crippen MR) is 96.1 cm³/mol. The molecule has 7 nitrogen and oxygen atoms in total. The van der Waals surface area contributed by atoms with Crippen LogP contribution in [0.2, 0.25) is 0 Å². The molecule has 0 aliphatic rings. The molecule has 0 spiro atoms. The van der Waals surface area contributed by atoms with E-state index in [9.17, 15) is 14.4 Å². The fourth-order valence-corrected chi connectivity index (χ4v) is 2.05. The van der Waals surface area contributed by atoms with Gasteiger partial charge in [-0.05, 0) is 39.3 Å². The van der Waals surface area contributed by atoms with Crippen LogP contribution in [0.15, 0.2) is 24.3 Å². The molecule has 1 rings (SSSR count). The van der Waals surface area contributed by atoms with Crippen molar-refractivity contribution in [3.63, 3.8) is 0 Å². The van der Waals surface area contributed by atoms with Crippen molar-refractivity contribution in [2.75, 3.05) is 12.4 Å². The van der Waals surface area contributed by atoms with Gasteiger partial charge in [-0.1, -0.05) is 18.2 Å². The van der Waals surface area contributed by atoms with Gasteiger partial charge in [-0.3, -0.25) is 9.59 Å². The monoisotopic (exact) mass is 349 g/mol. The zero-order valence-corrected chi connectivity index (χ0v) is 15.7. The Morgan fingerprint density at radius 1 is 1.20 bits per heavy atom. The van der Waals surface area contributed by atoms with E-state index in [0.717, 1.165) is 5.56 Å². The van der Waals surface area contributed by atoms with Crippen molar-refractivity contribution < 1.29 is 19.1 Å². The second-order valence-electron chi connectivity index (χ2n) is 6.91. The summed E-state index contributed by atoms with van der Waals surface area (Å²) in [7, 11) is 1.63. The molecule has 2 N–H and O–H groups in total. The highest BCUT2D eigenvalue weighted by Gasteiger charge is 2.21. The van der Waals surface area contributed by atoms with E-state index < -0.39 is 17.7 Å². The molecule has 1 aromatic carbocycles. The molecule has 0 saturated heterocycles. The standard InChI is InChI=1S/C18H27N3O4/c1-12(19-13(2)22)16(23)20-15-10-8-7-9-14(15)11-21(6)17(24)25-18(3,4)5/h7-10,12H,11H2,1-6H3,(H,19,22)(H,20,23). The molecular formula is C18H27N3O4. The first-order valence-corrected chi connectivity index (χ1v) is 8.09. The zero-order chi connectivity index (χ0) is 19.2. The van der Waals surface area contributed by atoms with Crippen molar-refractivity contribution in [3.05, 3.63) is 29.8 Å². The number of carbonyl (C=O) groups is 3. The van der Waals surface area contributed by atoms with Crippen molar-refractivity contribution in [1.82, 2.24) is 10.2 Å². The summed E-state index contributed by atoms with van der Waals surface area (Å²) < 4.78 is 5.33. The Balaban J connectivity index is 2.81. The first-order chi connectivity index (χ1) is 11.5. The number of nitrogens with one attached hydrogen (secondary N) is 2. The number of hydrogen-bond donors (Lipinski definition) is 2. The van der Waals surface area contributed by atoms with Gasteiger partial charge in [0.1, 0.15) is 11.6 Å². The Kier molecular flexibility index (Phi) is 6.97. The minimum atomic E-state index is -0.658. The molecule has 0 aliphatic carbocycles. The summed E-state index contributed by atoms with van der Waals surface area (Å²) in [5.41, 5.74) is 0.770. The molecule has 7 heteroatoms. The highest BCUT2D eigenvalue weighted by molar-refractivity contribution is 5.97. The van der Waals surface area contributed by atoms with Crippen LogP contribution in [0.4, 0.5) is 10.5 Å². The molecule has 0 bridgehead atoms. The summed E-state index contributed by atoms with van der Waals surface area (Å²) in [6.07, 6.45) is -0.444. The molecule has 25 heavy (non-hydrogen) atoms. The van der Waals surface area contributed by atoms with Gasteiger partial charge in [-0.25, -0.2) is 4.79 Å². The molecule has 1 atom stereocenters. The number of anilines is 1. The lowest BCUT2D eigenvalue weighted by Gasteiger charge is -2.25. The van der Waals surface area contributed by atoms with Crippen molar-refractivity contribution in [2.45, 2.75) is 52.8 Å². The largest absolute Gasteiger partial charge is 0.444 e. The van der Waals surface area contributed by atoms with Gasteiger partial charge in [-0.15, -0.1) is 0 Å². The topological polar surface area (TPSA) is 87.7 Å². The van der Waals surface area contributed by atoms with E-state index in [4.69, 9.17) is 4.74 Å². The number of carbonyl (C=O) groups excluding carboxylic acids is 3. The highest BCUT2D eigenvalue weighted by atomic mass is 16.6. The molecular weight excluding hydrogens is 322 g/mol. The van der Waals surface area contributed by atoms with Gasteiger partial charge in [-0.2, -0.15) is 0 Å². The fourth-order valence-electron chi connectivity index (χ4n) is 2.05. The van der Waals surface area contributed by atoms with Crippen LogP contribution in [-0.2, 0) is 20.9 Å². The van der Waals surface area contributed by atoms with Gasteiger partial charge in [0.15, 0.2) is 0 Å². The van der Waals surface area contributed by atoms with E-state index in [0.29, 0.717) is 5.69 Å². The van der Waals surface area contributed by atoms with Crippen molar-refractivity contribution in [1.29, 1.82) is 0 Å². The van der Waals surface area contributed by atoms with Crippen LogP contribution in [0.3, 0.4) is 0 Å². The van der Waals surface area contributed by atoms with Gasteiger partial charge in [0.25, 0.3) is 0 Å². The van der Waals surface area contributed by atoms with Crippen LogP contribution in [0.5, 0.6) is 0 Å². The quantitative estimate of drug-likeness (QED) is 0.855. The second-order valence-corrected chi connectivity index (χ2v) is 6.91. The van der Waals surface area contributed by atoms with E-state index in [2.05, 4.69) is 10.6 Å². The minimum Gasteiger partial charge on any atom is -0.444 e. The van der Waals surface area contributed by atoms with Gasteiger partial charge in [0.2, 0.25) is 11.8 Å². The predicted octanol–water partition coefficient (Wildman–Crippen LogP) is 2.52. The Morgan fingerprint density at radius 2 is 1.80 bits per heavy atom. The summed E-state index contributed by atoms with van der Waals surface area (Å²) in [5, 5.41) is 5.31. The van der Waals surface area contributed by atoms with Crippen molar-refractivity contribution in [2.24, 2.45) is 0 Å². The average Bonchev–Trinajstić information content (AvgIpc) is 2.46. The molecule has 0 saturated carbocycles. The van der Waals surface area contributed by atoms with E-state index in [1.807, 2.05) is 12.1 Å². The number of ether oxygens (including phenoxy) is 1. The van der Waals surface area contributed by atoms with Gasteiger partial charge >= 0.3 is 6.09 Å².